The molecule has 166 valence electrons. The van der Waals surface area contributed by atoms with Crippen molar-refractivity contribution < 1.29 is 19.0 Å². The van der Waals surface area contributed by atoms with E-state index in [4.69, 9.17) is 4.74 Å². The van der Waals surface area contributed by atoms with E-state index in [0.29, 0.717) is 30.4 Å². The second kappa shape index (κ2) is 6.47. The number of nitrogens with one attached hydrogen (secondary N) is 1. The third-order valence-corrected chi connectivity index (χ3v) is 8.13. The van der Waals surface area contributed by atoms with E-state index in [-0.39, 0.29) is 41.2 Å². The molecule has 5 fully saturated rings. The van der Waals surface area contributed by atoms with Gasteiger partial charge in [-0.3, -0.25) is 4.79 Å². The van der Waals surface area contributed by atoms with Crippen LogP contribution in [0.25, 0.3) is 10.9 Å². The van der Waals surface area contributed by atoms with Crippen LogP contribution in [-0.4, -0.2) is 44.7 Å². The third-order valence-electron chi connectivity index (χ3n) is 8.13. The smallest absolute Gasteiger partial charge is 0.223 e. The highest BCUT2D eigenvalue weighted by molar-refractivity contribution is 5.87. The van der Waals surface area contributed by atoms with E-state index in [0.717, 1.165) is 43.2 Å². The molecule has 6 heteroatoms. The lowest BCUT2D eigenvalue weighted by molar-refractivity contribution is -0.193. The van der Waals surface area contributed by atoms with Crippen LogP contribution in [0.15, 0.2) is 18.3 Å². The first kappa shape index (κ1) is 19.6. The Kier molecular flexibility index (Phi) is 4.09. The number of nitrogens with zero attached hydrogens (tertiary/aromatic N) is 1. The second-order valence-corrected chi connectivity index (χ2v) is 11.1. The summed E-state index contributed by atoms with van der Waals surface area (Å²) in [5.41, 5.74) is 1.12. The van der Waals surface area contributed by atoms with Crippen LogP contribution in [0.2, 0.25) is 0 Å². The molecule has 2 saturated heterocycles. The highest BCUT2D eigenvalue weighted by Gasteiger charge is 2.59. The molecule has 2 N–H and O–H groups in total. The zero-order chi connectivity index (χ0) is 21.5. The zero-order valence-electron chi connectivity index (χ0n) is 18.3. The number of ether oxygens (including phenoxy) is 1. The molecule has 2 aliphatic heterocycles. The van der Waals surface area contributed by atoms with Crippen molar-refractivity contribution in [2.45, 2.75) is 94.9 Å². The van der Waals surface area contributed by atoms with E-state index < -0.39 is 5.60 Å². The molecule has 5 nitrogen and oxygen atoms in total. The summed E-state index contributed by atoms with van der Waals surface area (Å²) in [5.74, 6) is 0.00195. The Labute approximate surface area is 181 Å². The molecule has 3 heterocycles. The third kappa shape index (κ3) is 3.17. The Balaban J connectivity index is 1.24. The van der Waals surface area contributed by atoms with Crippen molar-refractivity contribution in [1.82, 2.24) is 9.88 Å². The SMILES string of the molecule is CC(CC(=O)N1C2CC3(C)CC1CC(O)(C2)C3)c1c[nH]c2ccc(OC3CC3)c(F)c12. The predicted octanol–water partition coefficient (Wildman–Crippen LogP) is 4.64. The Morgan fingerprint density at radius 1 is 1.29 bits per heavy atom. The van der Waals surface area contributed by atoms with Crippen molar-refractivity contribution in [3.63, 3.8) is 0 Å². The molecular weight excluding hydrogens is 395 g/mol. The van der Waals surface area contributed by atoms with Gasteiger partial charge in [0.2, 0.25) is 5.91 Å². The Hall–Kier alpha value is -2.08. The van der Waals surface area contributed by atoms with E-state index in [9.17, 15) is 9.90 Å². The summed E-state index contributed by atoms with van der Waals surface area (Å²) in [7, 11) is 0. The number of hydrogen-bond donors (Lipinski definition) is 2. The number of benzene rings is 1. The average Bonchev–Trinajstić information content (AvgIpc) is 3.36. The van der Waals surface area contributed by atoms with Gasteiger partial charge >= 0.3 is 0 Å². The Morgan fingerprint density at radius 2 is 2.00 bits per heavy atom. The van der Waals surface area contributed by atoms with Crippen LogP contribution in [0.5, 0.6) is 5.75 Å². The van der Waals surface area contributed by atoms with Crippen LogP contribution in [0, 0.1) is 11.2 Å². The molecule has 1 aromatic heterocycles. The van der Waals surface area contributed by atoms with Gasteiger partial charge < -0.3 is 19.7 Å². The largest absolute Gasteiger partial charge is 0.487 e. The first-order valence-corrected chi connectivity index (χ1v) is 11.7. The molecule has 31 heavy (non-hydrogen) atoms. The fraction of sp³-hybridized carbons (Fsp3) is 0.640. The van der Waals surface area contributed by atoms with Crippen LogP contribution in [0.3, 0.4) is 0 Å². The van der Waals surface area contributed by atoms with E-state index in [1.807, 2.05) is 19.2 Å². The second-order valence-electron chi connectivity index (χ2n) is 11.1. The predicted molar refractivity (Wildman–Crippen MR) is 116 cm³/mol. The van der Waals surface area contributed by atoms with Crippen molar-refractivity contribution in [3.8, 4) is 5.75 Å². The molecule has 0 spiro atoms. The molecule has 1 aromatic carbocycles. The van der Waals surface area contributed by atoms with Crippen molar-refractivity contribution in [2.24, 2.45) is 5.41 Å². The summed E-state index contributed by atoms with van der Waals surface area (Å²) >= 11 is 0. The number of hydrogen-bond acceptors (Lipinski definition) is 3. The molecule has 2 aromatic rings. The highest BCUT2D eigenvalue weighted by atomic mass is 19.1. The molecule has 3 unspecified atom stereocenters. The lowest BCUT2D eigenvalue weighted by Crippen LogP contribution is -2.68. The van der Waals surface area contributed by atoms with Gasteiger partial charge in [-0.2, -0.15) is 0 Å². The first-order valence-electron chi connectivity index (χ1n) is 11.7. The van der Waals surface area contributed by atoms with Gasteiger partial charge in [0.05, 0.1) is 11.7 Å². The van der Waals surface area contributed by atoms with Crippen molar-refractivity contribution in [3.05, 3.63) is 29.7 Å². The molecule has 3 aliphatic carbocycles. The Bertz CT molecular complexity index is 1020. The lowest BCUT2D eigenvalue weighted by atomic mass is 9.54. The van der Waals surface area contributed by atoms with Crippen LogP contribution in [0.4, 0.5) is 4.39 Å². The monoisotopic (exact) mass is 426 g/mol. The number of fused-ring (bicyclic) bond motifs is 1. The number of aromatic nitrogens is 1. The molecule has 3 saturated carbocycles. The maximum Gasteiger partial charge on any atom is 0.223 e. The number of halogens is 1. The normalized spacial score (nSPS) is 35.0. The number of H-pyrrole nitrogens is 1. The van der Waals surface area contributed by atoms with Gasteiger partial charge in [-0.15, -0.1) is 0 Å². The number of rotatable bonds is 5. The standard InChI is InChI=1S/C25H31FN2O3/c1-14(18-12-27-19-5-6-20(23(26)22(18)19)31-17-3-4-17)7-21(29)28-15-8-24(2)9-16(28)11-25(30,10-15)13-24/h5-6,12,14-17,27,30H,3-4,7-11,13H2,1-2H3. The highest BCUT2D eigenvalue weighted by Crippen LogP contribution is 2.57. The number of aromatic amines is 1. The van der Waals surface area contributed by atoms with Gasteiger partial charge in [0.1, 0.15) is 0 Å². The molecule has 4 bridgehead atoms. The van der Waals surface area contributed by atoms with E-state index in [1.165, 1.54) is 0 Å². The van der Waals surface area contributed by atoms with Crippen LogP contribution in [0.1, 0.15) is 76.7 Å². The number of carbonyl (C=O) groups is 1. The summed E-state index contributed by atoms with van der Waals surface area (Å²) < 4.78 is 21.0. The molecule has 0 radical (unpaired) electrons. The van der Waals surface area contributed by atoms with Crippen molar-refractivity contribution in [2.75, 3.05) is 0 Å². The van der Waals surface area contributed by atoms with Crippen molar-refractivity contribution in [1.29, 1.82) is 0 Å². The van der Waals surface area contributed by atoms with E-state index in [1.54, 1.807) is 6.07 Å². The molecular formula is C25H31FN2O3. The first-order chi connectivity index (χ1) is 14.7. The summed E-state index contributed by atoms with van der Waals surface area (Å²) in [4.78, 5) is 18.6. The van der Waals surface area contributed by atoms with Gasteiger partial charge in [-0.25, -0.2) is 4.39 Å². The average molecular weight is 427 g/mol. The minimum atomic E-state index is -0.596. The summed E-state index contributed by atoms with van der Waals surface area (Å²) in [6, 6.07) is 3.82. The maximum absolute atomic E-state index is 15.3. The number of amides is 1. The summed E-state index contributed by atoms with van der Waals surface area (Å²) in [5, 5.41) is 11.5. The van der Waals surface area contributed by atoms with Crippen LogP contribution < -0.4 is 4.74 Å². The quantitative estimate of drug-likeness (QED) is 0.732. The van der Waals surface area contributed by atoms with Gasteiger partial charge in [-0.05, 0) is 74.0 Å². The van der Waals surface area contributed by atoms with Gasteiger partial charge in [0.25, 0.3) is 0 Å². The topological polar surface area (TPSA) is 65.6 Å². The van der Waals surface area contributed by atoms with Crippen molar-refractivity contribution >= 4 is 16.8 Å². The minimum Gasteiger partial charge on any atom is -0.487 e. The fourth-order valence-electron chi connectivity index (χ4n) is 7.02. The van der Waals surface area contributed by atoms with E-state index >= 15 is 4.39 Å². The van der Waals surface area contributed by atoms with Gasteiger partial charge in [0.15, 0.2) is 11.6 Å². The molecule has 3 atom stereocenters. The maximum atomic E-state index is 15.3. The van der Waals surface area contributed by atoms with Gasteiger partial charge in [0, 0.05) is 35.6 Å². The van der Waals surface area contributed by atoms with Crippen LogP contribution in [-0.2, 0) is 4.79 Å². The number of aliphatic hydroxyl groups is 1. The summed E-state index contributed by atoms with van der Waals surface area (Å²) in [6.07, 6.45) is 8.51. The number of piperidine rings is 2. The molecule has 5 aliphatic rings. The fourth-order valence-corrected chi connectivity index (χ4v) is 7.02. The Morgan fingerprint density at radius 3 is 2.65 bits per heavy atom. The van der Waals surface area contributed by atoms with Crippen LogP contribution >= 0.6 is 0 Å². The minimum absolute atomic E-state index is 0.109. The lowest BCUT2D eigenvalue weighted by Gasteiger charge is -2.63. The van der Waals surface area contributed by atoms with Gasteiger partial charge in [-0.1, -0.05) is 13.8 Å². The molecule has 7 rings (SSSR count). The molecule has 1 amide bonds. The number of carbonyl (C=O) groups excluding carboxylic acids is 1. The van der Waals surface area contributed by atoms with E-state index in [2.05, 4.69) is 16.8 Å². The zero-order valence-corrected chi connectivity index (χ0v) is 18.3. The summed E-state index contributed by atoms with van der Waals surface area (Å²) in [6.45, 7) is 4.26.